The Labute approximate surface area is 136 Å². The molecule has 120 valence electrons. The van der Waals surface area contributed by atoms with Gasteiger partial charge in [-0.15, -0.1) is 0 Å². The van der Waals surface area contributed by atoms with Crippen molar-refractivity contribution in [3.63, 3.8) is 0 Å². The maximum atomic E-state index is 12.1. The Balaban J connectivity index is 1.89. The van der Waals surface area contributed by atoms with Crippen LogP contribution in [0.1, 0.15) is 40.0 Å². The van der Waals surface area contributed by atoms with Gasteiger partial charge in [0.2, 0.25) is 0 Å². The van der Waals surface area contributed by atoms with E-state index in [1.165, 1.54) is 0 Å². The van der Waals surface area contributed by atoms with Crippen molar-refractivity contribution in [1.82, 2.24) is 5.32 Å². The Hall–Kier alpha value is -2.62. The van der Waals surface area contributed by atoms with Crippen LogP contribution >= 0.6 is 0 Å². The van der Waals surface area contributed by atoms with Crippen LogP contribution in [0, 0.1) is 13.8 Å². The van der Waals surface area contributed by atoms with Gasteiger partial charge < -0.3 is 10.1 Å². The Morgan fingerprint density at radius 1 is 1.04 bits per heavy atom. The largest absolute Gasteiger partial charge is 0.452 e. The number of amides is 1. The van der Waals surface area contributed by atoms with Crippen molar-refractivity contribution in [1.29, 1.82) is 0 Å². The van der Waals surface area contributed by atoms with Gasteiger partial charge in [0.1, 0.15) is 0 Å². The molecule has 0 unspecified atom stereocenters. The fraction of sp³-hybridized carbons (Fsp3) is 0.263. The molecule has 0 aliphatic carbocycles. The van der Waals surface area contributed by atoms with Gasteiger partial charge in [-0.05, 0) is 43.5 Å². The SMILES string of the molecule is Cc1cccc(C(=O)OCC(=O)N[C@@H](C)c2ccccc2)c1C. The molecule has 2 aromatic carbocycles. The molecule has 2 aromatic rings. The third-order valence-corrected chi connectivity index (χ3v) is 3.84. The molecule has 0 aliphatic rings. The minimum Gasteiger partial charge on any atom is -0.452 e. The minimum atomic E-state index is -0.478. The number of aryl methyl sites for hydroxylation is 1. The zero-order valence-electron chi connectivity index (χ0n) is 13.6. The van der Waals surface area contributed by atoms with E-state index in [4.69, 9.17) is 4.74 Å². The number of hydrogen-bond acceptors (Lipinski definition) is 3. The summed E-state index contributed by atoms with van der Waals surface area (Å²) in [5.41, 5.74) is 3.38. The van der Waals surface area contributed by atoms with Gasteiger partial charge in [-0.3, -0.25) is 4.79 Å². The third-order valence-electron chi connectivity index (χ3n) is 3.84. The second kappa shape index (κ2) is 7.58. The van der Waals surface area contributed by atoms with Crippen molar-refractivity contribution in [3.8, 4) is 0 Å². The monoisotopic (exact) mass is 311 g/mol. The van der Waals surface area contributed by atoms with E-state index in [0.29, 0.717) is 5.56 Å². The van der Waals surface area contributed by atoms with E-state index in [-0.39, 0.29) is 18.6 Å². The molecule has 0 saturated carbocycles. The lowest BCUT2D eigenvalue weighted by Gasteiger charge is -2.14. The number of carbonyl (C=O) groups is 2. The lowest BCUT2D eigenvalue weighted by Crippen LogP contribution is -2.31. The van der Waals surface area contributed by atoms with Crippen molar-refractivity contribution in [2.24, 2.45) is 0 Å². The Kier molecular flexibility index (Phi) is 5.52. The van der Waals surface area contributed by atoms with E-state index in [2.05, 4.69) is 5.32 Å². The van der Waals surface area contributed by atoms with Crippen LogP contribution in [0.2, 0.25) is 0 Å². The van der Waals surface area contributed by atoms with Gasteiger partial charge in [-0.25, -0.2) is 4.79 Å². The highest BCUT2D eigenvalue weighted by Gasteiger charge is 2.15. The number of rotatable bonds is 5. The fourth-order valence-corrected chi connectivity index (χ4v) is 2.29. The van der Waals surface area contributed by atoms with Crippen molar-refractivity contribution in [2.45, 2.75) is 26.8 Å². The first-order valence-corrected chi connectivity index (χ1v) is 7.56. The van der Waals surface area contributed by atoms with Crippen molar-refractivity contribution < 1.29 is 14.3 Å². The first-order chi connectivity index (χ1) is 11.0. The molecule has 0 saturated heterocycles. The first-order valence-electron chi connectivity index (χ1n) is 7.56. The van der Waals surface area contributed by atoms with Gasteiger partial charge in [0, 0.05) is 0 Å². The van der Waals surface area contributed by atoms with Crippen LogP contribution in [0.25, 0.3) is 0 Å². The smallest absolute Gasteiger partial charge is 0.338 e. The average Bonchev–Trinajstić information content (AvgIpc) is 2.56. The summed E-state index contributed by atoms with van der Waals surface area (Å²) in [4.78, 5) is 24.0. The number of nitrogens with one attached hydrogen (secondary N) is 1. The molecule has 0 radical (unpaired) electrons. The quantitative estimate of drug-likeness (QED) is 0.862. The van der Waals surface area contributed by atoms with Gasteiger partial charge >= 0.3 is 5.97 Å². The Morgan fingerprint density at radius 3 is 2.43 bits per heavy atom. The lowest BCUT2D eigenvalue weighted by molar-refractivity contribution is -0.124. The molecule has 0 aromatic heterocycles. The van der Waals surface area contributed by atoms with Crippen LogP contribution in [-0.2, 0) is 9.53 Å². The van der Waals surface area contributed by atoms with E-state index in [1.54, 1.807) is 12.1 Å². The van der Waals surface area contributed by atoms with Gasteiger partial charge in [0.15, 0.2) is 6.61 Å². The summed E-state index contributed by atoms with van der Waals surface area (Å²) in [6.45, 7) is 5.40. The first kappa shape index (κ1) is 16.7. The molecule has 0 heterocycles. The second-order valence-corrected chi connectivity index (χ2v) is 5.52. The van der Waals surface area contributed by atoms with Crippen LogP contribution in [0.3, 0.4) is 0 Å². The van der Waals surface area contributed by atoms with Crippen molar-refractivity contribution in [2.75, 3.05) is 6.61 Å². The summed E-state index contributed by atoms with van der Waals surface area (Å²) in [7, 11) is 0. The number of carbonyl (C=O) groups excluding carboxylic acids is 2. The lowest BCUT2D eigenvalue weighted by atomic mass is 10.0. The van der Waals surface area contributed by atoms with Crippen LogP contribution in [0.5, 0.6) is 0 Å². The normalized spacial score (nSPS) is 11.6. The standard InChI is InChI=1S/C19H21NO3/c1-13-8-7-11-17(14(13)2)19(22)23-12-18(21)20-15(3)16-9-5-4-6-10-16/h4-11,15H,12H2,1-3H3,(H,20,21)/t15-/m0/s1. The van der Waals surface area contributed by atoms with E-state index in [0.717, 1.165) is 16.7 Å². The molecule has 0 bridgehead atoms. The summed E-state index contributed by atoms with van der Waals surface area (Å²) in [5, 5.41) is 2.81. The van der Waals surface area contributed by atoms with Crippen LogP contribution in [-0.4, -0.2) is 18.5 Å². The number of benzene rings is 2. The number of esters is 1. The molecule has 0 fully saturated rings. The van der Waals surface area contributed by atoms with E-state index in [1.807, 2.05) is 57.2 Å². The predicted molar refractivity (Wildman–Crippen MR) is 89.2 cm³/mol. The molecule has 0 spiro atoms. The molecule has 0 aliphatic heterocycles. The molecule has 4 heteroatoms. The highest BCUT2D eigenvalue weighted by atomic mass is 16.5. The minimum absolute atomic E-state index is 0.136. The summed E-state index contributed by atoms with van der Waals surface area (Å²) < 4.78 is 5.11. The molecular formula is C19H21NO3. The third kappa shape index (κ3) is 4.42. The van der Waals surface area contributed by atoms with Gasteiger partial charge in [-0.2, -0.15) is 0 Å². The molecular weight excluding hydrogens is 290 g/mol. The summed E-state index contributed by atoms with van der Waals surface area (Å²) in [6.07, 6.45) is 0. The van der Waals surface area contributed by atoms with Gasteiger partial charge in [0.05, 0.1) is 11.6 Å². The van der Waals surface area contributed by atoms with E-state index < -0.39 is 5.97 Å². The molecule has 1 amide bonds. The topological polar surface area (TPSA) is 55.4 Å². The van der Waals surface area contributed by atoms with E-state index >= 15 is 0 Å². The van der Waals surface area contributed by atoms with Crippen LogP contribution in [0.15, 0.2) is 48.5 Å². The predicted octanol–water partition coefficient (Wildman–Crippen LogP) is 3.34. The Morgan fingerprint density at radius 2 is 1.74 bits per heavy atom. The molecule has 23 heavy (non-hydrogen) atoms. The molecule has 2 rings (SSSR count). The summed E-state index contributed by atoms with van der Waals surface area (Å²) >= 11 is 0. The van der Waals surface area contributed by atoms with Crippen molar-refractivity contribution >= 4 is 11.9 Å². The molecule has 1 N–H and O–H groups in total. The average molecular weight is 311 g/mol. The molecule has 4 nitrogen and oxygen atoms in total. The zero-order chi connectivity index (χ0) is 16.8. The number of hydrogen-bond donors (Lipinski definition) is 1. The van der Waals surface area contributed by atoms with Crippen LogP contribution in [0.4, 0.5) is 0 Å². The highest BCUT2D eigenvalue weighted by Crippen LogP contribution is 2.14. The van der Waals surface area contributed by atoms with Crippen molar-refractivity contribution in [3.05, 3.63) is 70.8 Å². The molecule has 1 atom stereocenters. The maximum absolute atomic E-state index is 12.1. The maximum Gasteiger partial charge on any atom is 0.338 e. The number of ether oxygens (including phenoxy) is 1. The van der Waals surface area contributed by atoms with Crippen LogP contribution < -0.4 is 5.32 Å². The summed E-state index contributed by atoms with van der Waals surface area (Å²) in [5.74, 6) is -0.797. The zero-order valence-corrected chi connectivity index (χ0v) is 13.6. The highest BCUT2D eigenvalue weighted by molar-refractivity contribution is 5.93. The summed E-state index contributed by atoms with van der Waals surface area (Å²) in [6, 6.07) is 14.9. The van der Waals surface area contributed by atoms with E-state index in [9.17, 15) is 9.59 Å². The second-order valence-electron chi connectivity index (χ2n) is 5.52. The van der Waals surface area contributed by atoms with Gasteiger partial charge in [0.25, 0.3) is 5.91 Å². The fourth-order valence-electron chi connectivity index (χ4n) is 2.29. The van der Waals surface area contributed by atoms with Gasteiger partial charge in [-0.1, -0.05) is 42.5 Å². The Bertz CT molecular complexity index is 695.